The number of benzene rings is 2. The van der Waals surface area contributed by atoms with Gasteiger partial charge in [-0.25, -0.2) is 9.18 Å². The molecule has 0 aliphatic heterocycles. The highest BCUT2D eigenvalue weighted by atomic mass is 19.1. The van der Waals surface area contributed by atoms with Crippen molar-refractivity contribution in [1.29, 1.82) is 0 Å². The van der Waals surface area contributed by atoms with E-state index in [1.54, 1.807) is 12.1 Å². The monoisotopic (exact) mass is 232 g/mol. The minimum atomic E-state index is -1.02. The maximum Gasteiger partial charge on any atom is 0.335 e. The van der Waals surface area contributed by atoms with Crippen LogP contribution in [0.4, 0.5) is 4.39 Å². The molecule has 2 aromatic rings. The predicted octanol–water partition coefficient (Wildman–Crippen LogP) is 2.90. The van der Waals surface area contributed by atoms with E-state index >= 15 is 0 Å². The van der Waals surface area contributed by atoms with Gasteiger partial charge in [-0.15, -0.1) is 0 Å². The Balaban J connectivity index is 2.43. The number of aromatic hydroxyl groups is 1. The van der Waals surface area contributed by atoms with Gasteiger partial charge in [0.2, 0.25) is 0 Å². The van der Waals surface area contributed by atoms with Gasteiger partial charge in [0.1, 0.15) is 11.6 Å². The fourth-order valence-corrected chi connectivity index (χ4v) is 1.55. The molecule has 0 bridgehead atoms. The summed E-state index contributed by atoms with van der Waals surface area (Å²) < 4.78 is 13.1. The Hall–Kier alpha value is -2.36. The van der Waals surface area contributed by atoms with Crippen LogP contribution in [0.15, 0.2) is 42.5 Å². The van der Waals surface area contributed by atoms with Crippen LogP contribution in [0.1, 0.15) is 10.4 Å². The molecular weight excluding hydrogens is 223 g/mol. The molecule has 0 atom stereocenters. The number of hydrogen-bond acceptors (Lipinski definition) is 2. The van der Waals surface area contributed by atoms with Crippen LogP contribution < -0.4 is 0 Å². The van der Waals surface area contributed by atoms with Gasteiger partial charge in [-0.2, -0.15) is 0 Å². The summed E-state index contributed by atoms with van der Waals surface area (Å²) in [5.74, 6) is -1.72. The van der Waals surface area contributed by atoms with E-state index in [0.29, 0.717) is 11.1 Å². The first kappa shape index (κ1) is 11.1. The lowest BCUT2D eigenvalue weighted by molar-refractivity contribution is 0.0697. The van der Waals surface area contributed by atoms with Crippen LogP contribution in [-0.2, 0) is 0 Å². The van der Waals surface area contributed by atoms with Gasteiger partial charge in [-0.3, -0.25) is 0 Å². The summed E-state index contributed by atoms with van der Waals surface area (Å²) in [5, 5.41) is 18.0. The molecule has 0 heterocycles. The number of rotatable bonds is 2. The lowest BCUT2D eigenvalue weighted by atomic mass is 10.0. The van der Waals surface area contributed by atoms with Crippen molar-refractivity contribution in [2.24, 2.45) is 0 Å². The summed E-state index contributed by atoms with van der Waals surface area (Å²) in [6.45, 7) is 0. The number of hydrogen-bond donors (Lipinski definition) is 2. The number of phenols is 1. The second-order valence-electron chi connectivity index (χ2n) is 3.58. The topological polar surface area (TPSA) is 57.5 Å². The van der Waals surface area contributed by atoms with Crippen molar-refractivity contribution in [3.05, 3.63) is 53.8 Å². The van der Waals surface area contributed by atoms with Gasteiger partial charge < -0.3 is 10.2 Å². The summed E-state index contributed by atoms with van der Waals surface area (Å²) in [7, 11) is 0. The fourth-order valence-electron chi connectivity index (χ4n) is 1.55. The van der Waals surface area contributed by atoms with Crippen LogP contribution in [0, 0.1) is 5.82 Å². The average Bonchev–Trinajstić information content (AvgIpc) is 2.28. The molecule has 0 saturated carbocycles. The first-order valence-corrected chi connectivity index (χ1v) is 4.89. The molecule has 4 heteroatoms. The van der Waals surface area contributed by atoms with Crippen molar-refractivity contribution in [2.75, 3.05) is 0 Å². The molecule has 0 aliphatic rings. The molecule has 0 fully saturated rings. The highest BCUT2D eigenvalue weighted by Crippen LogP contribution is 2.25. The zero-order valence-electron chi connectivity index (χ0n) is 8.72. The highest BCUT2D eigenvalue weighted by Gasteiger charge is 2.05. The zero-order valence-corrected chi connectivity index (χ0v) is 8.72. The van der Waals surface area contributed by atoms with Crippen LogP contribution in [-0.4, -0.2) is 16.2 Å². The summed E-state index contributed by atoms with van der Waals surface area (Å²) in [6, 6.07) is 9.69. The standard InChI is InChI=1S/C13H9FO3/c14-11-5-10(6-12(15)7-11)8-1-3-9(4-2-8)13(16)17/h1-7,15H,(H,16,17). The summed E-state index contributed by atoms with van der Waals surface area (Å²) in [4.78, 5) is 10.7. The van der Waals surface area contributed by atoms with Crippen molar-refractivity contribution < 1.29 is 19.4 Å². The molecule has 0 spiro atoms. The smallest absolute Gasteiger partial charge is 0.335 e. The van der Waals surface area contributed by atoms with Crippen molar-refractivity contribution in [2.45, 2.75) is 0 Å². The van der Waals surface area contributed by atoms with E-state index in [-0.39, 0.29) is 11.3 Å². The van der Waals surface area contributed by atoms with E-state index < -0.39 is 11.8 Å². The Labute approximate surface area is 96.8 Å². The molecule has 2 N–H and O–H groups in total. The van der Waals surface area contributed by atoms with Gasteiger partial charge in [-0.1, -0.05) is 12.1 Å². The Morgan fingerprint density at radius 2 is 1.65 bits per heavy atom. The van der Waals surface area contributed by atoms with Crippen LogP contribution in [0.3, 0.4) is 0 Å². The maximum atomic E-state index is 13.1. The van der Waals surface area contributed by atoms with Gasteiger partial charge >= 0.3 is 5.97 Å². The first-order valence-electron chi connectivity index (χ1n) is 4.89. The van der Waals surface area contributed by atoms with Gasteiger partial charge in [0, 0.05) is 6.07 Å². The van der Waals surface area contributed by atoms with Crippen LogP contribution in [0.2, 0.25) is 0 Å². The molecule has 17 heavy (non-hydrogen) atoms. The molecule has 2 rings (SSSR count). The first-order chi connectivity index (χ1) is 8.06. The summed E-state index contributed by atoms with van der Waals surface area (Å²) in [5.41, 5.74) is 1.30. The van der Waals surface area contributed by atoms with Crippen molar-refractivity contribution in [1.82, 2.24) is 0 Å². The predicted molar refractivity (Wildman–Crippen MR) is 60.5 cm³/mol. The second-order valence-corrected chi connectivity index (χ2v) is 3.58. The molecule has 0 amide bonds. The molecule has 3 nitrogen and oxygen atoms in total. The van der Waals surface area contributed by atoms with Gasteiger partial charge in [-0.05, 0) is 35.4 Å². The number of halogens is 1. The third-order valence-electron chi connectivity index (χ3n) is 2.35. The quantitative estimate of drug-likeness (QED) is 0.836. The summed E-state index contributed by atoms with van der Waals surface area (Å²) >= 11 is 0. The number of carboxylic acids is 1. The number of phenolic OH excluding ortho intramolecular Hbond substituents is 1. The lowest BCUT2D eigenvalue weighted by Crippen LogP contribution is -1.94. The van der Waals surface area contributed by atoms with E-state index in [9.17, 15) is 14.3 Å². The van der Waals surface area contributed by atoms with Gasteiger partial charge in [0.05, 0.1) is 5.56 Å². The lowest BCUT2D eigenvalue weighted by Gasteiger charge is -2.03. The highest BCUT2D eigenvalue weighted by molar-refractivity contribution is 5.88. The largest absolute Gasteiger partial charge is 0.508 e. The zero-order chi connectivity index (χ0) is 12.4. The van der Waals surface area contributed by atoms with Gasteiger partial charge in [0.25, 0.3) is 0 Å². The SMILES string of the molecule is O=C(O)c1ccc(-c2cc(O)cc(F)c2)cc1. The van der Waals surface area contributed by atoms with Crippen molar-refractivity contribution in [3.8, 4) is 16.9 Å². The van der Waals surface area contributed by atoms with E-state index in [1.165, 1.54) is 24.3 Å². The van der Waals surface area contributed by atoms with Crippen molar-refractivity contribution >= 4 is 5.97 Å². The molecule has 0 saturated heterocycles. The molecule has 86 valence electrons. The molecule has 0 aliphatic carbocycles. The van der Waals surface area contributed by atoms with Crippen LogP contribution in [0.5, 0.6) is 5.75 Å². The minimum Gasteiger partial charge on any atom is -0.508 e. The Morgan fingerprint density at radius 1 is 1.00 bits per heavy atom. The Kier molecular flexibility index (Phi) is 2.78. The molecule has 2 aromatic carbocycles. The van der Waals surface area contributed by atoms with E-state index in [0.717, 1.165) is 6.07 Å². The van der Waals surface area contributed by atoms with E-state index in [2.05, 4.69) is 0 Å². The normalized spacial score (nSPS) is 10.2. The molecule has 0 radical (unpaired) electrons. The number of carboxylic acid groups (broad SMARTS) is 1. The molecule has 0 aromatic heterocycles. The minimum absolute atomic E-state index is 0.161. The van der Waals surface area contributed by atoms with Gasteiger partial charge in [0.15, 0.2) is 0 Å². The Morgan fingerprint density at radius 3 is 2.18 bits per heavy atom. The number of carbonyl (C=O) groups is 1. The third-order valence-corrected chi connectivity index (χ3v) is 2.35. The summed E-state index contributed by atoms with van der Waals surface area (Å²) in [6.07, 6.45) is 0. The molecule has 0 unspecified atom stereocenters. The average molecular weight is 232 g/mol. The van der Waals surface area contributed by atoms with Crippen LogP contribution in [0.25, 0.3) is 11.1 Å². The van der Waals surface area contributed by atoms with Crippen molar-refractivity contribution in [3.63, 3.8) is 0 Å². The maximum absolute atomic E-state index is 13.1. The van der Waals surface area contributed by atoms with E-state index in [1.807, 2.05) is 0 Å². The van der Waals surface area contributed by atoms with Crippen LogP contribution >= 0.6 is 0 Å². The number of aromatic carboxylic acids is 1. The van der Waals surface area contributed by atoms with E-state index in [4.69, 9.17) is 5.11 Å². The Bertz CT molecular complexity index is 541. The third kappa shape index (κ3) is 2.42. The molecular formula is C13H9FO3. The second kappa shape index (κ2) is 4.25. The fraction of sp³-hybridized carbons (Fsp3) is 0.